The number of ether oxygens (including phenoxy) is 11. The molecule has 4 atom stereocenters. The largest absolute Gasteiger partial charge is 0.493 e. The Morgan fingerprint density at radius 2 is 0.970 bits per heavy atom. The number of hydrogen-bond donors (Lipinski definition) is 0. The average molecular weight is 929 g/mol. The quantitative estimate of drug-likeness (QED) is 0.0339. The van der Waals surface area contributed by atoms with Crippen molar-refractivity contribution in [1.29, 1.82) is 0 Å². The number of likely N-dealkylation sites (N-methyl/N-ethyl adjacent to an activating group) is 2. The van der Waals surface area contributed by atoms with Crippen LogP contribution in [0.3, 0.4) is 0 Å². The van der Waals surface area contributed by atoms with Gasteiger partial charge in [-0.1, -0.05) is 6.07 Å². The molecule has 2 aliphatic heterocycles. The van der Waals surface area contributed by atoms with Crippen LogP contribution in [0, 0.1) is 0 Å². The number of hydrogen-bond acceptors (Lipinski definition) is 13. The number of quaternary nitrogens is 2. The van der Waals surface area contributed by atoms with Crippen LogP contribution in [0.4, 0.5) is 0 Å². The van der Waals surface area contributed by atoms with Crippen molar-refractivity contribution in [2.24, 2.45) is 0 Å². The molecule has 15 nitrogen and oxygen atoms in total. The lowest BCUT2D eigenvalue weighted by molar-refractivity contribution is -0.941. The van der Waals surface area contributed by atoms with Gasteiger partial charge in [-0.3, -0.25) is 0 Å². The lowest BCUT2D eigenvalue weighted by atomic mass is 9.85. The fraction of sp³-hybridized carbons (Fsp3) is 0.462. The molecule has 2 heterocycles. The molecule has 4 unspecified atom stereocenters. The predicted octanol–water partition coefficient (Wildman–Crippen LogP) is 7.27. The minimum atomic E-state index is -0.614. The SMILES string of the molecule is COc1ccc(CC2c3cc(OC)c(OC)cc3CC[N+]2(C)CCCOC(=O)/C=C/C(=O)OCCC[N+]2(C)CCc3cc(OC)c(OC)cc3C2c2cc(OC)c(OC)c(OC)c2)cc1OC. The first kappa shape index (κ1) is 50.1. The van der Waals surface area contributed by atoms with Crippen LogP contribution in [0.2, 0.25) is 0 Å². The van der Waals surface area contributed by atoms with E-state index in [-0.39, 0.29) is 25.3 Å². The molecule has 0 bridgehead atoms. The molecule has 0 aromatic heterocycles. The van der Waals surface area contributed by atoms with Crippen molar-refractivity contribution >= 4 is 11.9 Å². The highest BCUT2D eigenvalue weighted by molar-refractivity contribution is 5.91. The molecule has 0 radical (unpaired) electrons. The summed E-state index contributed by atoms with van der Waals surface area (Å²) >= 11 is 0. The number of fused-ring (bicyclic) bond motifs is 2. The summed E-state index contributed by atoms with van der Waals surface area (Å²) in [4.78, 5) is 25.7. The molecule has 0 fully saturated rings. The van der Waals surface area contributed by atoms with Gasteiger partial charge < -0.3 is 61.1 Å². The maximum Gasteiger partial charge on any atom is 0.331 e. The molecule has 4 aromatic rings. The first-order valence-corrected chi connectivity index (χ1v) is 22.5. The monoisotopic (exact) mass is 928 g/mol. The van der Waals surface area contributed by atoms with E-state index in [9.17, 15) is 9.59 Å². The lowest BCUT2D eigenvalue weighted by Crippen LogP contribution is -2.52. The number of carbonyl (C=O) groups excluding carboxylic acids is 2. The Bertz CT molecular complexity index is 2380. The number of nitrogens with zero attached hydrogens (tertiary/aromatic N) is 2. The first-order chi connectivity index (χ1) is 32.3. The van der Waals surface area contributed by atoms with Crippen molar-refractivity contribution in [3.8, 4) is 51.7 Å². The molecule has 362 valence electrons. The van der Waals surface area contributed by atoms with Crippen molar-refractivity contribution in [3.05, 3.63) is 100 Å². The van der Waals surface area contributed by atoms with E-state index in [0.29, 0.717) is 80.1 Å². The molecule has 67 heavy (non-hydrogen) atoms. The third-order valence-corrected chi connectivity index (χ3v) is 13.5. The Hall–Kier alpha value is -6.32. The number of carbonyl (C=O) groups is 2. The highest BCUT2D eigenvalue weighted by atomic mass is 16.5. The predicted molar refractivity (Wildman–Crippen MR) is 253 cm³/mol. The molecule has 0 spiro atoms. The summed E-state index contributed by atoms with van der Waals surface area (Å²) in [5.41, 5.74) is 6.73. The van der Waals surface area contributed by atoms with Gasteiger partial charge in [-0.25, -0.2) is 9.59 Å². The van der Waals surface area contributed by atoms with Gasteiger partial charge in [0.15, 0.2) is 46.0 Å². The van der Waals surface area contributed by atoms with Crippen LogP contribution in [0.5, 0.6) is 51.7 Å². The highest BCUT2D eigenvalue weighted by Crippen LogP contribution is 2.48. The van der Waals surface area contributed by atoms with Gasteiger partial charge >= 0.3 is 11.9 Å². The molecule has 0 aliphatic carbocycles. The van der Waals surface area contributed by atoms with Gasteiger partial charge in [-0.05, 0) is 65.2 Å². The molecule has 15 heteroatoms. The lowest BCUT2D eigenvalue weighted by Gasteiger charge is -2.46. The summed E-state index contributed by atoms with van der Waals surface area (Å²) in [6.45, 7) is 3.46. The molecule has 2 aliphatic rings. The van der Waals surface area contributed by atoms with Gasteiger partial charge in [0.2, 0.25) is 5.75 Å². The van der Waals surface area contributed by atoms with Crippen LogP contribution in [-0.2, 0) is 38.3 Å². The summed E-state index contributed by atoms with van der Waals surface area (Å²) in [6.07, 6.45) is 5.83. The molecule has 0 amide bonds. The molecular formula is C52H68N2O13+2. The van der Waals surface area contributed by atoms with Crippen LogP contribution in [-0.4, -0.2) is 138 Å². The maximum atomic E-state index is 12.9. The highest BCUT2D eigenvalue weighted by Gasteiger charge is 2.43. The summed E-state index contributed by atoms with van der Waals surface area (Å²) in [7, 11) is 19.1. The fourth-order valence-electron chi connectivity index (χ4n) is 9.88. The van der Waals surface area contributed by atoms with E-state index in [2.05, 4.69) is 32.3 Å². The smallest absolute Gasteiger partial charge is 0.331 e. The average Bonchev–Trinajstić information content (AvgIpc) is 3.35. The van der Waals surface area contributed by atoms with Gasteiger partial charge in [0.05, 0.1) is 117 Å². The second kappa shape index (κ2) is 22.4. The van der Waals surface area contributed by atoms with Crippen molar-refractivity contribution in [3.63, 3.8) is 0 Å². The summed E-state index contributed by atoms with van der Waals surface area (Å²) in [5, 5.41) is 0. The van der Waals surface area contributed by atoms with Gasteiger partial charge in [0, 0.05) is 60.9 Å². The Kier molecular flexibility index (Phi) is 16.8. The molecule has 0 N–H and O–H groups in total. The van der Waals surface area contributed by atoms with Crippen LogP contribution in [0.1, 0.15) is 58.3 Å². The van der Waals surface area contributed by atoms with Crippen LogP contribution in [0.15, 0.2) is 66.7 Å². The Balaban J connectivity index is 1.07. The van der Waals surface area contributed by atoms with Crippen LogP contribution in [0.25, 0.3) is 0 Å². The third-order valence-electron chi connectivity index (χ3n) is 13.5. The number of esters is 2. The van der Waals surface area contributed by atoms with Crippen molar-refractivity contribution in [1.82, 2.24) is 0 Å². The summed E-state index contributed by atoms with van der Waals surface area (Å²) in [5.74, 6) is 4.43. The Morgan fingerprint density at radius 1 is 0.522 bits per heavy atom. The van der Waals surface area contributed by atoms with Crippen LogP contribution < -0.4 is 42.6 Å². The second-order valence-corrected chi connectivity index (χ2v) is 17.3. The van der Waals surface area contributed by atoms with E-state index < -0.39 is 11.9 Å². The van der Waals surface area contributed by atoms with Crippen molar-refractivity contribution in [2.45, 2.75) is 44.2 Å². The number of benzene rings is 4. The van der Waals surface area contributed by atoms with E-state index in [1.165, 1.54) is 11.1 Å². The zero-order valence-electron chi connectivity index (χ0n) is 41.0. The minimum Gasteiger partial charge on any atom is -0.493 e. The minimum absolute atomic E-state index is 0.0651. The van der Waals surface area contributed by atoms with E-state index >= 15 is 0 Å². The zero-order chi connectivity index (χ0) is 48.3. The van der Waals surface area contributed by atoms with Gasteiger partial charge in [-0.2, -0.15) is 0 Å². The standard InChI is InChI=1S/C52H68N2O13/c1-53(22-18-35-28-43(59-5)45(61-7)32-38(35)40(53)26-34-14-15-41(57-3)42(27-34)58-4)20-12-24-66-49(55)16-17-50(56)67-25-13-21-54(2)23-19-36-29-44(60-6)46(62-8)33-39(36)51(54)37-30-47(63-9)52(65-11)48(31-37)64-10/h14-17,27-33,40,51H,12-13,18-26H2,1-11H3/q+2/b17-16+. The topological polar surface area (TPSA) is 136 Å². The van der Waals surface area contributed by atoms with Crippen molar-refractivity contribution < 1.29 is 70.7 Å². The maximum absolute atomic E-state index is 12.9. The number of rotatable bonds is 22. The normalized spacial score (nSPS) is 19.6. The number of methoxy groups -OCH3 is 9. The molecule has 6 rings (SSSR count). The Morgan fingerprint density at radius 3 is 1.48 bits per heavy atom. The second-order valence-electron chi connectivity index (χ2n) is 17.3. The fourth-order valence-corrected chi connectivity index (χ4v) is 9.88. The summed E-state index contributed by atoms with van der Waals surface area (Å²) < 4.78 is 63.6. The first-order valence-electron chi connectivity index (χ1n) is 22.5. The van der Waals surface area contributed by atoms with E-state index in [0.717, 1.165) is 73.3 Å². The van der Waals surface area contributed by atoms with E-state index in [1.807, 2.05) is 36.4 Å². The van der Waals surface area contributed by atoms with Gasteiger partial charge in [-0.15, -0.1) is 0 Å². The molecule has 0 saturated carbocycles. The van der Waals surface area contributed by atoms with E-state index in [4.69, 9.17) is 52.1 Å². The van der Waals surface area contributed by atoms with E-state index in [1.54, 1.807) is 64.0 Å². The van der Waals surface area contributed by atoms with Gasteiger partial charge in [0.25, 0.3) is 0 Å². The summed E-state index contributed by atoms with van der Waals surface area (Å²) in [6, 6.07) is 18.2. The van der Waals surface area contributed by atoms with Crippen molar-refractivity contribution in [2.75, 3.05) is 117 Å². The molecule has 4 aromatic carbocycles. The Labute approximate surface area is 395 Å². The zero-order valence-corrected chi connectivity index (χ0v) is 41.0. The third kappa shape index (κ3) is 11.1. The molecular weight excluding hydrogens is 861 g/mol. The molecule has 0 saturated heterocycles. The van der Waals surface area contributed by atoms with Crippen LogP contribution >= 0.6 is 0 Å². The van der Waals surface area contributed by atoms with Gasteiger partial charge in [0.1, 0.15) is 12.1 Å².